The predicted octanol–water partition coefficient (Wildman–Crippen LogP) is 2.99. The summed E-state index contributed by atoms with van der Waals surface area (Å²) in [5, 5.41) is 2.68. The van der Waals surface area contributed by atoms with Crippen LogP contribution in [0, 0.1) is 0 Å². The quantitative estimate of drug-likeness (QED) is 0.772. The highest BCUT2D eigenvalue weighted by atomic mass is 16.5. The van der Waals surface area contributed by atoms with E-state index in [1.54, 1.807) is 0 Å². The number of ether oxygens (including phenoxy) is 1. The van der Waals surface area contributed by atoms with Crippen LogP contribution in [0.15, 0.2) is 54.6 Å². The third-order valence-corrected chi connectivity index (χ3v) is 3.05. The number of fused-ring (bicyclic) bond motifs is 1. The van der Waals surface area contributed by atoms with Crippen molar-refractivity contribution in [2.24, 2.45) is 0 Å². The molecule has 2 N–H and O–H groups in total. The summed E-state index contributed by atoms with van der Waals surface area (Å²) in [6.45, 7) is 0.565. The summed E-state index contributed by atoms with van der Waals surface area (Å²) in [5.74, 6) is 0.702. The van der Waals surface area contributed by atoms with E-state index in [4.69, 9.17) is 4.74 Å². The number of hydrogen-bond donors (Lipinski definition) is 2. The zero-order valence-electron chi connectivity index (χ0n) is 11.4. The molecule has 106 valence electrons. The van der Waals surface area contributed by atoms with Crippen molar-refractivity contribution in [1.82, 2.24) is 15.3 Å². The van der Waals surface area contributed by atoms with Gasteiger partial charge in [-0.2, -0.15) is 0 Å². The van der Waals surface area contributed by atoms with Crippen LogP contribution in [0.5, 0.6) is 0 Å². The van der Waals surface area contributed by atoms with Crippen molar-refractivity contribution < 1.29 is 9.53 Å². The molecule has 0 aliphatic rings. The zero-order valence-corrected chi connectivity index (χ0v) is 11.4. The number of hydrogen-bond acceptors (Lipinski definition) is 3. The molecular weight excluding hydrogens is 266 g/mol. The van der Waals surface area contributed by atoms with Crippen molar-refractivity contribution in [2.45, 2.75) is 13.2 Å². The average molecular weight is 281 g/mol. The summed E-state index contributed by atoms with van der Waals surface area (Å²) in [6, 6.07) is 17.3. The van der Waals surface area contributed by atoms with Gasteiger partial charge in [-0.3, -0.25) is 0 Å². The summed E-state index contributed by atoms with van der Waals surface area (Å²) in [7, 11) is 0. The van der Waals surface area contributed by atoms with Crippen LogP contribution in [-0.2, 0) is 17.9 Å². The number of carbonyl (C=O) groups is 1. The van der Waals surface area contributed by atoms with Crippen LogP contribution in [-0.4, -0.2) is 16.1 Å². The van der Waals surface area contributed by atoms with Crippen LogP contribution in [0.3, 0.4) is 0 Å². The Kier molecular flexibility index (Phi) is 3.82. The lowest BCUT2D eigenvalue weighted by Crippen LogP contribution is -2.24. The van der Waals surface area contributed by atoms with Crippen LogP contribution in [0.2, 0.25) is 0 Å². The number of imidazole rings is 1. The molecule has 0 aliphatic carbocycles. The number of rotatable bonds is 4. The van der Waals surface area contributed by atoms with Gasteiger partial charge < -0.3 is 15.0 Å². The average Bonchev–Trinajstić information content (AvgIpc) is 2.95. The van der Waals surface area contributed by atoms with Crippen LogP contribution in [0.4, 0.5) is 4.79 Å². The van der Waals surface area contributed by atoms with E-state index in [9.17, 15) is 4.79 Å². The monoisotopic (exact) mass is 281 g/mol. The minimum atomic E-state index is -0.459. The minimum Gasteiger partial charge on any atom is -0.445 e. The number of nitrogens with zero attached hydrogens (tertiary/aromatic N) is 1. The number of H-pyrrole nitrogens is 1. The second kappa shape index (κ2) is 6.09. The molecule has 1 amide bonds. The Hall–Kier alpha value is -2.82. The van der Waals surface area contributed by atoms with Crippen molar-refractivity contribution in [3.63, 3.8) is 0 Å². The summed E-state index contributed by atoms with van der Waals surface area (Å²) < 4.78 is 5.13. The second-order valence-electron chi connectivity index (χ2n) is 4.62. The lowest BCUT2D eigenvalue weighted by molar-refractivity contribution is 0.139. The normalized spacial score (nSPS) is 10.5. The number of aromatic nitrogens is 2. The zero-order chi connectivity index (χ0) is 14.5. The second-order valence-corrected chi connectivity index (χ2v) is 4.62. The molecule has 0 radical (unpaired) electrons. The largest absolute Gasteiger partial charge is 0.445 e. The number of benzene rings is 2. The number of nitrogens with one attached hydrogen (secondary N) is 2. The van der Waals surface area contributed by atoms with E-state index < -0.39 is 6.09 Å². The molecule has 0 fully saturated rings. The van der Waals surface area contributed by atoms with E-state index >= 15 is 0 Å². The van der Waals surface area contributed by atoms with Crippen molar-refractivity contribution in [3.05, 3.63) is 66.0 Å². The Morgan fingerprint density at radius 1 is 1.10 bits per heavy atom. The van der Waals surface area contributed by atoms with Crippen molar-refractivity contribution in [2.75, 3.05) is 0 Å². The fourth-order valence-electron chi connectivity index (χ4n) is 2.02. The lowest BCUT2D eigenvalue weighted by Gasteiger charge is -2.05. The number of amides is 1. The summed E-state index contributed by atoms with van der Waals surface area (Å²) in [6.07, 6.45) is -0.459. The van der Waals surface area contributed by atoms with Crippen LogP contribution < -0.4 is 5.32 Å². The Bertz CT molecular complexity index is 704. The van der Waals surface area contributed by atoms with Gasteiger partial charge in [-0.05, 0) is 17.7 Å². The third-order valence-electron chi connectivity index (χ3n) is 3.05. The molecular formula is C16H15N3O2. The van der Waals surface area contributed by atoms with Gasteiger partial charge in [0.05, 0.1) is 17.6 Å². The van der Waals surface area contributed by atoms with Gasteiger partial charge in [0.15, 0.2) is 0 Å². The standard InChI is InChI=1S/C16H15N3O2/c20-16(21-11-12-6-2-1-3-7-12)17-10-15-18-13-8-4-5-9-14(13)19-15/h1-9H,10-11H2,(H,17,20)(H,18,19). The van der Waals surface area contributed by atoms with Gasteiger partial charge in [0.2, 0.25) is 0 Å². The summed E-state index contributed by atoms with van der Waals surface area (Å²) >= 11 is 0. The molecule has 0 saturated heterocycles. The van der Waals surface area contributed by atoms with Crippen LogP contribution in [0.25, 0.3) is 11.0 Å². The Balaban J connectivity index is 1.51. The molecule has 5 nitrogen and oxygen atoms in total. The maximum atomic E-state index is 11.6. The first-order valence-electron chi connectivity index (χ1n) is 6.69. The van der Waals surface area contributed by atoms with E-state index in [0.717, 1.165) is 16.6 Å². The van der Waals surface area contributed by atoms with Crippen molar-refractivity contribution in [1.29, 1.82) is 0 Å². The maximum absolute atomic E-state index is 11.6. The van der Waals surface area contributed by atoms with E-state index in [1.807, 2.05) is 54.6 Å². The Morgan fingerprint density at radius 3 is 2.67 bits per heavy atom. The van der Waals surface area contributed by atoms with E-state index in [1.165, 1.54) is 0 Å². The number of aromatic amines is 1. The predicted molar refractivity (Wildman–Crippen MR) is 79.6 cm³/mol. The molecule has 2 aromatic carbocycles. The number of alkyl carbamates (subject to hydrolysis) is 1. The van der Waals surface area contributed by atoms with Crippen LogP contribution in [0.1, 0.15) is 11.4 Å². The third kappa shape index (κ3) is 3.39. The molecule has 0 aliphatic heterocycles. The first-order valence-corrected chi connectivity index (χ1v) is 6.69. The fourth-order valence-corrected chi connectivity index (χ4v) is 2.02. The molecule has 0 unspecified atom stereocenters. The highest BCUT2D eigenvalue weighted by Crippen LogP contribution is 2.10. The SMILES string of the molecule is O=C(NCc1nc2ccccc2[nH]1)OCc1ccccc1. The van der Waals surface area contributed by atoms with Gasteiger partial charge in [0.25, 0.3) is 0 Å². The van der Waals surface area contributed by atoms with Crippen LogP contribution >= 0.6 is 0 Å². The molecule has 3 aromatic rings. The summed E-state index contributed by atoms with van der Waals surface area (Å²) in [4.78, 5) is 19.2. The highest BCUT2D eigenvalue weighted by Gasteiger charge is 2.05. The molecule has 21 heavy (non-hydrogen) atoms. The first-order chi connectivity index (χ1) is 10.3. The van der Waals surface area contributed by atoms with Gasteiger partial charge >= 0.3 is 6.09 Å². The Morgan fingerprint density at radius 2 is 1.86 bits per heavy atom. The molecule has 0 spiro atoms. The molecule has 0 atom stereocenters. The smallest absolute Gasteiger partial charge is 0.407 e. The van der Waals surface area contributed by atoms with Gasteiger partial charge in [-0.25, -0.2) is 9.78 Å². The fraction of sp³-hybridized carbons (Fsp3) is 0.125. The summed E-state index contributed by atoms with van der Waals surface area (Å²) in [5.41, 5.74) is 2.79. The molecule has 5 heteroatoms. The molecule has 1 aromatic heterocycles. The number of para-hydroxylation sites is 2. The number of carbonyl (C=O) groups excluding carboxylic acids is 1. The first kappa shape index (κ1) is 13.2. The molecule has 0 saturated carbocycles. The van der Waals surface area contributed by atoms with E-state index in [2.05, 4.69) is 15.3 Å². The topological polar surface area (TPSA) is 67.0 Å². The van der Waals surface area contributed by atoms with Crippen molar-refractivity contribution in [3.8, 4) is 0 Å². The van der Waals surface area contributed by atoms with Gasteiger partial charge in [0, 0.05) is 0 Å². The Labute approximate surface area is 122 Å². The highest BCUT2D eigenvalue weighted by molar-refractivity contribution is 5.75. The van der Waals surface area contributed by atoms with E-state index in [-0.39, 0.29) is 6.61 Å². The maximum Gasteiger partial charge on any atom is 0.407 e. The van der Waals surface area contributed by atoms with E-state index in [0.29, 0.717) is 12.4 Å². The van der Waals surface area contributed by atoms with Gasteiger partial charge in [-0.15, -0.1) is 0 Å². The molecule has 0 bridgehead atoms. The van der Waals surface area contributed by atoms with Crippen molar-refractivity contribution >= 4 is 17.1 Å². The molecule has 1 heterocycles. The van der Waals surface area contributed by atoms with Gasteiger partial charge in [-0.1, -0.05) is 42.5 Å². The van der Waals surface area contributed by atoms with Gasteiger partial charge in [0.1, 0.15) is 12.4 Å². The lowest BCUT2D eigenvalue weighted by atomic mass is 10.2. The molecule has 3 rings (SSSR count). The minimum absolute atomic E-state index is 0.257.